The third-order valence-corrected chi connectivity index (χ3v) is 4.71. The molecule has 3 aromatic rings. The Labute approximate surface area is 162 Å². The number of carboxylic acid groups (broad SMARTS) is 1. The molecule has 0 saturated heterocycles. The number of aromatic nitrogens is 1. The zero-order valence-corrected chi connectivity index (χ0v) is 15.4. The lowest BCUT2D eigenvalue weighted by molar-refractivity contribution is 0.0696. The molecular formula is C18H12ClF2N3O2S. The molecule has 0 fully saturated rings. The third kappa shape index (κ3) is 4.29. The molecule has 0 radical (unpaired) electrons. The van der Waals surface area contributed by atoms with Crippen molar-refractivity contribution in [1.29, 1.82) is 0 Å². The molecule has 0 aliphatic carbocycles. The van der Waals surface area contributed by atoms with Crippen molar-refractivity contribution in [2.75, 3.05) is 12.1 Å². The molecule has 0 aliphatic rings. The van der Waals surface area contributed by atoms with Gasteiger partial charge in [0.2, 0.25) is 10.3 Å². The molecule has 1 aromatic heterocycles. The largest absolute Gasteiger partial charge is 0.478 e. The van der Waals surface area contributed by atoms with Gasteiger partial charge in [-0.25, -0.2) is 19.2 Å². The molecule has 0 aliphatic heterocycles. The number of benzene rings is 2. The smallest absolute Gasteiger partial charge is 0.336 e. The summed E-state index contributed by atoms with van der Waals surface area (Å²) in [5.41, 5.74) is 0.666. The Hall–Kier alpha value is -2.84. The highest BCUT2D eigenvalue weighted by atomic mass is 35.5. The SMILES string of the molecule is CN(/N=C/c1ccc(F)cc1C(=O)O)c1nc(-c2cccc(Cl)c2)c(F)s1. The second-order valence-corrected chi connectivity index (χ2v) is 6.80. The summed E-state index contributed by atoms with van der Waals surface area (Å²) in [6, 6.07) is 10.0. The van der Waals surface area contributed by atoms with Crippen LogP contribution in [0.25, 0.3) is 11.3 Å². The van der Waals surface area contributed by atoms with E-state index in [2.05, 4.69) is 10.1 Å². The predicted molar refractivity (Wildman–Crippen MR) is 102 cm³/mol. The molecule has 0 atom stereocenters. The maximum absolute atomic E-state index is 14.3. The van der Waals surface area contributed by atoms with E-state index in [9.17, 15) is 13.6 Å². The Morgan fingerprint density at radius 1 is 1.30 bits per heavy atom. The molecule has 2 aromatic carbocycles. The zero-order valence-electron chi connectivity index (χ0n) is 13.9. The van der Waals surface area contributed by atoms with Crippen molar-refractivity contribution in [2.24, 2.45) is 5.10 Å². The van der Waals surface area contributed by atoms with Crippen LogP contribution < -0.4 is 5.01 Å². The summed E-state index contributed by atoms with van der Waals surface area (Å²) >= 11 is 6.72. The fourth-order valence-corrected chi connectivity index (χ4v) is 3.19. The summed E-state index contributed by atoms with van der Waals surface area (Å²) in [4.78, 5) is 15.4. The van der Waals surface area contributed by atoms with Crippen molar-refractivity contribution in [3.63, 3.8) is 0 Å². The highest BCUT2D eigenvalue weighted by molar-refractivity contribution is 7.14. The van der Waals surface area contributed by atoms with Gasteiger partial charge in [-0.2, -0.15) is 9.49 Å². The maximum atomic E-state index is 14.3. The summed E-state index contributed by atoms with van der Waals surface area (Å²) in [5, 5.41) is 14.8. The lowest BCUT2D eigenvalue weighted by Gasteiger charge is -2.08. The summed E-state index contributed by atoms with van der Waals surface area (Å²) in [6.45, 7) is 0. The van der Waals surface area contributed by atoms with Crippen LogP contribution in [0.2, 0.25) is 5.02 Å². The molecule has 0 unspecified atom stereocenters. The zero-order chi connectivity index (χ0) is 19.6. The Kier molecular flexibility index (Phi) is 5.48. The van der Waals surface area contributed by atoms with Gasteiger partial charge >= 0.3 is 5.97 Å². The van der Waals surface area contributed by atoms with E-state index in [0.717, 1.165) is 23.5 Å². The summed E-state index contributed by atoms with van der Waals surface area (Å²) in [7, 11) is 1.54. The van der Waals surface area contributed by atoms with Crippen LogP contribution >= 0.6 is 22.9 Å². The number of carbonyl (C=O) groups is 1. The standard InChI is InChI=1S/C18H12ClF2N3O2S/c1-24(22-9-11-5-6-13(20)8-14(11)17(25)26)18-23-15(16(21)27-18)10-3-2-4-12(19)7-10/h2-9H,1H3,(H,25,26)/b22-9+. The summed E-state index contributed by atoms with van der Waals surface area (Å²) < 4.78 is 27.5. The first-order valence-corrected chi connectivity index (χ1v) is 8.77. The molecule has 0 saturated carbocycles. The van der Waals surface area contributed by atoms with E-state index in [-0.39, 0.29) is 22.0 Å². The Bertz CT molecular complexity index is 1040. The topological polar surface area (TPSA) is 65.8 Å². The molecular weight excluding hydrogens is 396 g/mol. The number of rotatable bonds is 5. The highest BCUT2D eigenvalue weighted by Gasteiger charge is 2.16. The molecule has 5 nitrogen and oxygen atoms in total. The van der Waals surface area contributed by atoms with Crippen molar-refractivity contribution in [1.82, 2.24) is 4.98 Å². The van der Waals surface area contributed by atoms with Crippen molar-refractivity contribution in [2.45, 2.75) is 0 Å². The van der Waals surface area contributed by atoms with Crippen molar-refractivity contribution < 1.29 is 18.7 Å². The van der Waals surface area contributed by atoms with Gasteiger partial charge in [-0.15, -0.1) is 0 Å². The predicted octanol–water partition coefficient (Wildman–Crippen LogP) is 4.91. The second-order valence-electron chi connectivity index (χ2n) is 5.43. The van der Waals surface area contributed by atoms with Crippen molar-refractivity contribution >= 4 is 40.3 Å². The molecule has 27 heavy (non-hydrogen) atoms. The maximum Gasteiger partial charge on any atom is 0.336 e. The van der Waals surface area contributed by atoms with E-state index in [1.807, 2.05) is 0 Å². The minimum absolute atomic E-state index is 0.146. The fourth-order valence-electron chi connectivity index (χ4n) is 2.27. The van der Waals surface area contributed by atoms with Gasteiger partial charge < -0.3 is 5.11 Å². The van der Waals surface area contributed by atoms with Crippen LogP contribution in [0.5, 0.6) is 0 Å². The average Bonchev–Trinajstić information content (AvgIpc) is 3.02. The highest BCUT2D eigenvalue weighted by Crippen LogP contribution is 2.32. The van der Waals surface area contributed by atoms with Crippen LogP contribution in [-0.2, 0) is 0 Å². The number of nitrogens with zero attached hydrogens (tertiary/aromatic N) is 3. The van der Waals surface area contributed by atoms with Gasteiger partial charge in [0, 0.05) is 23.2 Å². The van der Waals surface area contributed by atoms with Crippen molar-refractivity contribution in [3.05, 3.63) is 69.6 Å². The van der Waals surface area contributed by atoms with E-state index < -0.39 is 16.9 Å². The molecule has 3 rings (SSSR count). The number of hydrazone groups is 1. The van der Waals surface area contributed by atoms with Gasteiger partial charge in [-0.3, -0.25) is 0 Å². The average molecular weight is 408 g/mol. The Morgan fingerprint density at radius 2 is 2.07 bits per heavy atom. The number of carboxylic acids is 1. The van der Waals surface area contributed by atoms with Gasteiger partial charge in [0.05, 0.1) is 11.8 Å². The van der Waals surface area contributed by atoms with Crippen LogP contribution in [-0.4, -0.2) is 29.3 Å². The lowest BCUT2D eigenvalue weighted by atomic mass is 10.1. The second kappa shape index (κ2) is 7.81. The van der Waals surface area contributed by atoms with E-state index >= 15 is 0 Å². The van der Waals surface area contributed by atoms with E-state index in [0.29, 0.717) is 10.6 Å². The minimum Gasteiger partial charge on any atom is -0.478 e. The van der Waals surface area contributed by atoms with Gasteiger partial charge in [-0.1, -0.05) is 35.1 Å². The first kappa shape index (κ1) is 18.9. The number of hydrogen-bond donors (Lipinski definition) is 1. The molecule has 9 heteroatoms. The molecule has 0 amide bonds. The van der Waals surface area contributed by atoms with Gasteiger partial charge in [0.25, 0.3) is 0 Å². The molecule has 1 heterocycles. The fraction of sp³-hybridized carbons (Fsp3) is 0.0556. The lowest BCUT2D eigenvalue weighted by Crippen LogP contribution is -2.10. The van der Waals surface area contributed by atoms with E-state index in [1.165, 1.54) is 17.3 Å². The number of aromatic carboxylic acids is 1. The van der Waals surface area contributed by atoms with Gasteiger partial charge in [0.1, 0.15) is 11.5 Å². The number of thiazole rings is 1. The first-order chi connectivity index (χ1) is 12.8. The Balaban J connectivity index is 1.87. The summed E-state index contributed by atoms with van der Waals surface area (Å²) in [5.74, 6) is -1.94. The van der Waals surface area contributed by atoms with Crippen LogP contribution in [0, 0.1) is 10.9 Å². The number of halogens is 3. The first-order valence-electron chi connectivity index (χ1n) is 7.58. The third-order valence-electron chi connectivity index (χ3n) is 3.57. The molecule has 138 valence electrons. The van der Waals surface area contributed by atoms with Crippen LogP contribution in [0.15, 0.2) is 47.6 Å². The molecule has 0 bridgehead atoms. The van der Waals surface area contributed by atoms with Crippen LogP contribution in [0.3, 0.4) is 0 Å². The minimum atomic E-state index is -1.28. The normalized spacial score (nSPS) is 11.1. The number of anilines is 1. The summed E-state index contributed by atoms with van der Waals surface area (Å²) in [6.07, 6.45) is 1.25. The Morgan fingerprint density at radius 3 is 2.78 bits per heavy atom. The van der Waals surface area contributed by atoms with Crippen LogP contribution in [0.1, 0.15) is 15.9 Å². The monoisotopic (exact) mass is 407 g/mol. The van der Waals surface area contributed by atoms with Crippen LogP contribution in [0.4, 0.5) is 13.9 Å². The van der Waals surface area contributed by atoms with Gasteiger partial charge in [-0.05, 0) is 30.3 Å². The van der Waals surface area contributed by atoms with E-state index in [1.54, 1.807) is 31.3 Å². The number of hydrogen-bond acceptors (Lipinski definition) is 5. The van der Waals surface area contributed by atoms with Crippen molar-refractivity contribution in [3.8, 4) is 11.3 Å². The molecule has 1 N–H and O–H groups in total. The quantitative estimate of drug-likeness (QED) is 0.482. The van der Waals surface area contributed by atoms with Gasteiger partial charge in [0.15, 0.2) is 0 Å². The molecule has 0 spiro atoms. The van der Waals surface area contributed by atoms with E-state index in [4.69, 9.17) is 16.7 Å².